The first-order chi connectivity index (χ1) is 9.31. The number of nitrogens with one attached hydrogen (secondary N) is 1. The van der Waals surface area contributed by atoms with E-state index in [-0.39, 0.29) is 6.04 Å². The van der Waals surface area contributed by atoms with E-state index < -0.39 is 0 Å². The summed E-state index contributed by atoms with van der Waals surface area (Å²) in [4.78, 5) is 2.47. The molecule has 1 unspecified atom stereocenters. The highest BCUT2D eigenvalue weighted by Gasteiger charge is 2.10. The fourth-order valence-corrected chi connectivity index (χ4v) is 2.27. The maximum absolute atomic E-state index is 5.31. The van der Waals surface area contributed by atoms with Crippen LogP contribution in [0.1, 0.15) is 31.9 Å². The van der Waals surface area contributed by atoms with Gasteiger partial charge in [-0.25, -0.2) is 0 Å². The minimum atomic E-state index is 0.284. The molecule has 1 atom stereocenters. The van der Waals surface area contributed by atoms with Gasteiger partial charge in [0.15, 0.2) is 0 Å². The third-order valence-electron chi connectivity index (χ3n) is 3.34. The highest BCUT2D eigenvalue weighted by molar-refractivity contribution is 5.18. The molecular formula is C16H28N2O. The minimum absolute atomic E-state index is 0.284. The number of ether oxygens (including phenoxy) is 1. The van der Waals surface area contributed by atoms with Crippen LogP contribution in [-0.4, -0.2) is 44.8 Å². The lowest BCUT2D eigenvalue weighted by molar-refractivity contribution is 0.164. The molecule has 0 aliphatic heterocycles. The van der Waals surface area contributed by atoms with Gasteiger partial charge in [0.2, 0.25) is 0 Å². The SMILES string of the molecule is CCCN(CC)CCNC(COC)c1ccccc1. The second kappa shape index (κ2) is 9.96. The Labute approximate surface area is 118 Å². The molecule has 0 saturated heterocycles. The summed E-state index contributed by atoms with van der Waals surface area (Å²) in [5, 5.41) is 3.59. The minimum Gasteiger partial charge on any atom is -0.383 e. The number of nitrogens with zero attached hydrogens (tertiary/aromatic N) is 1. The molecule has 0 spiro atoms. The van der Waals surface area contributed by atoms with Crippen molar-refractivity contribution in [3.8, 4) is 0 Å². The van der Waals surface area contributed by atoms with Gasteiger partial charge < -0.3 is 15.0 Å². The summed E-state index contributed by atoms with van der Waals surface area (Å²) >= 11 is 0. The van der Waals surface area contributed by atoms with Crippen molar-refractivity contribution in [2.45, 2.75) is 26.3 Å². The molecular weight excluding hydrogens is 236 g/mol. The van der Waals surface area contributed by atoms with Gasteiger partial charge in [-0.1, -0.05) is 44.2 Å². The van der Waals surface area contributed by atoms with E-state index in [1.165, 1.54) is 18.5 Å². The first kappa shape index (κ1) is 16.2. The molecule has 0 fully saturated rings. The Bertz CT molecular complexity index is 316. The van der Waals surface area contributed by atoms with Crippen molar-refractivity contribution in [3.63, 3.8) is 0 Å². The molecule has 1 rings (SSSR count). The smallest absolute Gasteiger partial charge is 0.0657 e. The van der Waals surface area contributed by atoms with Crippen LogP contribution in [-0.2, 0) is 4.74 Å². The molecule has 3 nitrogen and oxygen atoms in total. The van der Waals surface area contributed by atoms with Crippen LogP contribution in [0.15, 0.2) is 30.3 Å². The molecule has 19 heavy (non-hydrogen) atoms. The standard InChI is InChI=1S/C16H28N2O/c1-4-12-18(5-2)13-11-17-16(14-19-3)15-9-7-6-8-10-15/h6-10,16-17H,4-5,11-14H2,1-3H3. The molecule has 0 amide bonds. The number of hydrogen-bond acceptors (Lipinski definition) is 3. The quantitative estimate of drug-likeness (QED) is 0.703. The number of likely N-dealkylation sites (N-methyl/N-ethyl adjacent to an activating group) is 1. The zero-order chi connectivity index (χ0) is 13.9. The van der Waals surface area contributed by atoms with Crippen LogP contribution in [0, 0.1) is 0 Å². The van der Waals surface area contributed by atoms with Crippen LogP contribution in [0.25, 0.3) is 0 Å². The summed E-state index contributed by atoms with van der Waals surface area (Å²) in [6.45, 7) is 9.56. The molecule has 0 bridgehead atoms. The lowest BCUT2D eigenvalue weighted by Crippen LogP contribution is -2.35. The Hall–Kier alpha value is -0.900. The van der Waals surface area contributed by atoms with Gasteiger partial charge in [-0.05, 0) is 25.1 Å². The van der Waals surface area contributed by atoms with E-state index in [1.54, 1.807) is 7.11 Å². The monoisotopic (exact) mass is 264 g/mol. The largest absolute Gasteiger partial charge is 0.383 e. The van der Waals surface area contributed by atoms with Crippen molar-refractivity contribution in [1.29, 1.82) is 0 Å². The molecule has 0 aliphatic rings. The Morgan fingerprint density at radius 2 is 1.89 bits per heavy atom. The van der Waals surface area contributed by atoms with Crippen LogP contribution in [0.5, 0.6) is 0 Å². The summed E-state index contributed by atoms with van der Waals surface area (Å²) in [7, 11) is 1.76. The van der Waals surface area contributed by atoms with Gasteiger partial charge in [-0.3, -0.25) is 0 Å². The van der Waals surface area contributed by atoms with E-state index in [1.807, 2.05) is 6.07 Å². The van der Waals surface area contributed by atoms with Crippen molar-refractivity contribution in [1.82, 2.24) is 10.2 Å². The highest BCUT2D eigenvalue weighted by atomic mass is 16.5. The predicted molar refractivity (Wildman–Crippen MR) is 81.5 cm³/mol. The Kier molecular flexibility index (Phi) is 8.47. The van der Waals surface area contributed by atoms with E-state index in [0.29, 0.717) is 6.61 Å². The number of benzene rings is 1. The van der Waals surface area contributed by atoms with Crippen LogP contribution in [0.4, 0.5) is 0 Å². The number of hydrogen-bond donors (Lipinski definition) is 1. The molecule has 0 saturated carbocycles. The van der Waals surface area contributed by atoms with Crippen LogP contribution < -0.4 is 5.32 Å². The lowest BCUT2D eigenvalue weighted by Gasteiger charge is -2.23. The van der Waals surface area contributed by atoms with Crippen molar-refractivity contribution in [2.75, 3.05) is 39.9 Å². The van der Waals surface area contributed by atoms with Gasteiger partial charge >= 0.3 is 0 Å². The van der Waals surface area contributed by atoms with Crippen LogP contribution in [0.3, 0.4) is 0 Å². The molecule has 108 valence electrons. The maximum Gasteiger partial charge on any atom is 0.0657 e. The average molecular weight is 264 g/mol. The topological polar surface area (TPSA) is 24.5 Å². The predicted octanol–water partition coefficient (Wildman–Crippen LogP) is 2.70. The summed E-state index contributed by atoms with van der Waals surface area (Å²) in [6, 6.07) is 10.8. The van der Waals surface area contributed by atoms with E-state index >= 15 is 0 Å². The Morgan fingerprint density at radius 3 is 2.47 bits per heavy atom. The van der Waals surface area contributed by atoms with Crippen LogP contribution >= 0.6 is 0 Å². The summed E-state index contributed by atoms with van der Waals surface area (Å²) in [6.07, 6.45) is 1.22. The van der Waals surface area contributed by atoms with Crippen molar-refractivity contribution in [3.05, 3.63) is 35.9 Å². The molecule has 1 aromatic carbocycles. The van der Waals surface area contributed by atoms with Gasteiger partial charge in [0.05, 0.1) is 12.6 Å². The molecule has 1 aromatic rings. The van der Waals surface area contributed by atoms with E-state index in [4.69, 9.17) is 4.74 Å². The van der Waals surface area contributed by atoms with Gasteiger partial charge in [0.1, 0.15) is 0 Å². The fraction of sp³-hybridized carbons (Fsp3) is 0.625. The van der Waals surface area contributed by atoms with Crippen molar-refractivity contribution >= 4 is 0 Å². The second-order valence-electron chi connectivity index (χ2n) is 4.81. The maximum atomic E-state index is 5.31. The van der Waals surface area contributed by atoms with Gasteiger partial charge in [-0.15, -0.1) is 0 Å². The first-order valence-electron chi connectivity index (χ1n) is 7.31. The third kappa shape index (κ3) is 6.19. The lowest BCUT2D eigenvalue weighted by atomic mass is 10.1. The van der Waals surface area contributed by atoms with E-state index in [9.17, 15) is 0 Å². The molecule has 1 N–H and O–H groups in total. The van der Waals surface area contributed by atoms with Crippen molar-refractivity contribution in [2.24, 2.45) is 0 Å². The van der Waals surface area contributed by atoms with Gasteiger partial charge in [-0.2, -0.15) is 0 Å². The van der Waals surface area contributed by atoms with E-state index in [0.717, 1.165) is 19.6 Å². The summed E-state index contributed by atoms with van der Waals surface area (Å²) < 4.78 is 5.31. The molecule has 0 aromatic heterocycles. The Morgan fingerprint density at radius 1 is 1.16 bits per heavy atom. The number of rotatable bonds is 10. The zero-order valence-corrected chi connectivity index (χ0v) is 12.6. The van der Waals surface area contributed by atoms with Gasteiger partial charge in [0, 0.05) is 20.2 Å². The first-order valence-corrected chi connectivity index (χ1v) is 7.31. The highest BCUT2D eigenvalue weighted by Crippen LogP contribution is 2.12. The normalized spacial score (nSPS) is 12.8. The third-order valence-corrected chi connectivity index (χ3v) is 3.34. The zero-order valence-electron chi connectivity index (χ0n) is 12.6. The van der Waals surface area contributed by atoms with Gasteiger partial charge in [0.25, 0.3) is 0 Å². The molecule has 3 heteroatoms. The van der Waals surface area contributed by atoms with E-state index in [2.05, 4.69) is 48.3 Å². The average Bonchev–Trinajstić information content (AvgIpc) is 2.46. The summed E-state index contributed by atoms with van der Waals surface area (Å²) in [5.74, 6) is 0. The van der Waals surface area contributed by atoms with Crippen LogP contribution in [0.2, 0.25) is 0 Å². The molecule has 0 radical (unpaired) electrons. The fourth-order valence-electron chi connectivity index (χ4n) is 2.27. The Balaban J connectivity index is 2.42. The molecule has 0 aliphatic carbocycles. The molecule has 0 heterocycles. The van der Waals surface area contributed by atoms with Crippen molar-refractivity contribution < 1.29 is 4.74 Å². The summed E-state index contributed by atoms with van der Waals surface area (Å²) in [5.41, 5.74) is 1.29. The second-order valence-corrected chi connectivity index (χ2v) is 4.81. The number of methoxy groups -OCH3 is 1.